The second-order valence-corrected chi connectivity index (χ2v) is 10.6. The van der Waals surface area contributed by atoms with Crippen LogP contribution in [0.2, 0.25) is 0 Å². The van der Waals surface area contributed by atoms with E-state index in [0.29, 0.717) is 12.2 Å². The van der Waals surface area contributed by atoms with Gasteiger partial charge in [0, 0.05) is 23.2 Å². The summed E-state index contributed by atoms with van der Waals surface area (Å²) in [6, 6.07) is 0.0914. The molecular formula is C15H22N2O3S3. The summed E-state index contributed by atoms with van der Waals surface area (Å²) in [5.74, 6) is 0.764. The molecule has 2 heterocycles. The number of aryl methyl sites for hydroxylation is 1. The molecule has 0 bridgehead atoms. The highest BCUT2D eigenvalue weighted by Gasteiger charge is 2.38. The molecule has 1 saturated heterocycles. The van der Waals surface area contributed by atoms with Crippen LogP contribution in [0.5, 0.6) is 0 Å². The van der Waals surface area contributed by atoms with Gasteiger partial charge < -0.3 is 4.90 Å². The van der Waals surface area contributed by atoms with Gasteiger partial charge in [0.05, 0.1) is 17.3 Å². The monoisotopic (exact) mass is 374 g/mol. The number of hydrogen-bond acceptors (Lipinski definition) is 6. The summed E-state index contributed by atoms with van der Waals surface area (Å²) in [7, 11) is -2.98. The van der Waals surface area contributed by atoms with Crippen LogP contribution in [0.4, 0.5) is 0 Å². The minimum absolute atomic E-state index is 0.0665. The predicted molar refractivity (Wildman–Crippen MR) is 93.7 cm³/mol. The third kappa shape index (κ3) is 4.28. The van der Waals surface area contributed by atoms with Gasteiger partial charge in [0.25, 0.3) is 0 Å². The molecule has 128 valence electrons. The third-order valence-electron chi connectivity index (χ3n) is 4.52. The molecule has 1 amide bonds. The maximum Gasteiger partial charge on any atom is 0.233 e. The highest BCUT2D eigenvalue weighted by atomic mass is 32.2. The van der Waals surface area contributed by atoms with E-state index in [1.807, 2.05) is 17.2 Å². The van der Waals surface area contributed by atoms with Crippen molar-refractivity contribution in [1.82, 2.24) is 9.88 Å². The minimum atomic E-state index is -2.98. The zero-order valence-corrected chi connectivity index (χ0v) is 15.7. The molecule has 1 atom stereocenters. The van der Waals surface area contributed by atoms with Crippen LogP contribution in [0.15, 0.2) is 9.72 Å². The minimum Gasteiger partial charge on any atom is -0.335 e. The Balaban J connectivity index is 1.68. The van der Waals surface area contributed by atoms with Crippen molar-refractivity contribution in [3.05, 3.63) is 11.1 Å². The molecule has 1 aromatic rings. The van der Waals surface area contributed by atoms with Crippen molar-refractivity contribution in [3.8, 4) is 0 Å². The largest absolute Gasteiger partial charge is 0.335 e. The SMILES string of the molecule is Cc1csc(SCC(=O)N(C2CCCC2)C2CCS(=O)(=O)C2)n1. The summed E-state index contributed by atoms with van der Waals surface area (Å²) < 4.78 is 24.5. The van der Waals surface area contributed by atoms with Crippen molar-refractivity contribution in [1.29, 1.82) is 0 Å². The van der Waals surface area contributed by atoms with Gasteiger partial charge in [-0.2, -0.15) is 0 Å². The first-order chi connectivity index (χ1) is 10.9. The molecule has 0 N–H and O–H groups in total. The van der Waals surface area contributed by atoms with Crippen molar-refractivity contribution < 1.29 is 13.2 Å². The summed E-state index contributed by atoms with van der Waals surface area (Å²) in [5, 5.41) is 1.98. The van der Waals surface area contributed by atoms with Crippen molar-refractivity contribution >= 4 is 38.8 Å². The van der Waals surface area contributed by atoms with E-state index in [-0.39, 0.29) is 29.5 Å². The molecule has 2 aliphatic rings. The number of carbonyl (C=O) groups is 1. The first-order valence-corrected chi connectivity index (χ1v) is 11.7. The fourth-order valence-corrected chi connectivity index (χ4v) is 6.91. The van der Waals surface area contributed by atoms with Crippen LogP contribution in [0.3, 0.4) is 0 Å². The number of rotatable bonds is 5. The average molecular weight is 375 g/mol. The van der Waals surface area contributed by atoms with Crippen LogP contribution in [0, 0.1) is 6.92 Å². The first kappa shape index (κ1) is 17.2. The van der Waals surface area contributed by atoms with E-state index in [0.717, 1.165) is 35.7 Å². The fourth-order valence-electron chi connectivity index (χ4n) is 3.48. The lowest BCUT2D eigenvalue weighted by molar-refractivity contribution is -0.132. The summed E-state index contributed by atoms with van der Waals surface area (Å²) in [6.07, 6.45) is 4.86. The molecule has 8 heteroatoms. The molecule has 1 unspecified atom stereocenters. The number of amides is 1. The van der Waals surface area contributed by atoms with E-state index in [2.05, 4.69) is 4.98 Å². The van der Waals surface area contributed by atoms with E-state index in [1.54, 1.807) is 11.3 Å². The number of nitrogens with zero attached hydrogens (tertiary/aromatic N) is 2. The number of hydrogen-bond donors (Lipinski definition) is 0. The van der Waals surface area contributed by atoms with Crippen LogP contribution in [-0.4, -0.2) is 53.6 Å². The van der Waals surface area contributed by atoms with Gasteiger partial charge >= 0.3 is 0 Å². The number of thioether (sulfide) groups is 1. The lowest BCUT2D eigenvalue weighted by atomic mass is 10.1. The fraction of sp³-hybridized carbons (Fsp3) is 0.733. The zero-order valence-electron chi connectivity index (χ0n) is 13.2. The molecule has 5 nitrogen and oxygen atoms in total. The Labute approximate surface area is 145 Å². The number of carbonyl (C=O) groups excluding carboxylic acids is 1. The Morgan fingerprint density at radius 1 is 1.35 bits per heavy atom. The molecular weight excluding hydrogens is 352 g/mol. The molecule has 1 aliphatic heterocycles. The van der Waals surface area contributed by atoms with Crippen molar-refractivity contribution in [2.24, 2.45) is 0 Å². The quantitative estimate of drug-likeness (QED) is 0.741. The predicted octanol–water partition coefficient (Wildman–Crippen LogP) is 2.50. The number of thiazole rings is 1. The van der Waals surface area contributed by atoms with Gasteiger partial charge in [-0.1, -0.05) is 24.6 Å². The summed E-state index contributed by atoms with van der Waals surface area (Å²) >= 11 is 3.01. The molecule has 1 aliphatic carbocycles. The lowest BCUT2D eigenvalue weighted by Crippen LogP contribution is -2.47. The topological polar surface area (TPSA) is 67.3 Å². The molecule has 1 aromatic heterocycles. The summed E-state index contributed by atoms with van der Waals surface area (Å²) in [5.41, 5.74) is 0.972. The van der Waals surface area contributed by atoms with Crippen LogP contribution in [0.1, 0.15) is 37.8 Å². The van der Waals surface area contributed by atoms with Crippen LogP contribution in [-0.2, 0) is 14.6 Å². The molecule has 1 saturated carbocycles. The first-order valence-electron chi connectivity index (χ1n) is 8.01. The van der Waals surface area contributed by atoms with Gasteiger partial charge in [-0.05, 0) is 26.2 Å². The van der Waals surface area contributed by atoms with Gasteiger partial charge in [0.2, 0.25) is 5.91 Å². The maximum absolute atomic E-state index is 12.8. The average Bonchev–Trinajstić information content (AvgIpc) is 3.20. The zero-order chi connectivity index (χ0) is 16.4. The van der Waals surface area contributed by atoms with Gasteiger partial charge in [-0.15, -0.1) is 11.3 Å². The van der Waals surface area contributed by atoms with Crippen LogP contribution >= 0.6 is 23.1 Å². The molecule has 3 rings (SSSR count). The molecule has 0 aromatic carbocycles. The number of aromatic nitrogens is 1. The van der Waals surface area contributed by atoms with Crippen molar-refractivity contribution in [2.75, 3.05) is 17.3 Å². The smallest absolute Gasteiger partial charge is 0.233 e. The Bertz CT molecular complexity index is 665. The highest BCUT2D eigenvalue weighted by molar-refractivity contribution is 8.01. The third-order valence-corrected chi connectivity index (χ3v) is 8.40. The van der Waals surface area contributed by atoms with Crippen molar-refractivity contribution in [2.45, 2.75) is 55.5 Å². The van der Waals surface area contributed by atoms with E-state index < -0.39 is 9.84 Å². The second kappa shape index (κ2) is 7.11. The van der Waals surface area contributed by atoms with E-state index in [9.17, 15) is 13.2 Å². The standard InChI is InChI=1S/C15H22N2O3S3/c1-11-8-21-15(16-11)22-9-14(18)17(12-4-2-3-5-12)13-6-7-23(19,20)10-13/h8,12-13H,2-7,9-10H2,1H3. The second-order valence-electron chi connectivity index (χ2n) is 6.34. The maximum atomic E-state index is 12.8. The highest BCUT2D eigenvalue weighted by Crippen LogP contribution is 2.31. The molecule has 2 fully saturated rings. The van der Waals surface area contributed by atoms with Crippen LogP contribution in [0.25, 0.3) is 0 Å². The normalized spacial score (nSPS) is 24.1. The molecule has 0 radical (unpaired) electrons. The van der Waals surface area contributed by atoms with Crippen molar-refractivity contribution in [3.63, 3.8) is 0 Å². The number of sulfone groups is 1. The summed E-state index contributed by atoms with van der Waals surface area (Å²) in [6.45, 7) is 1.94. The Hall–Kier alpha value is -0.600. The van der Waals surface area contributed by atoms with E-state index in [1.165, 1.54) is 11.8 Å². The van der Waals surface area contributed by atoms with Gasteiger partial charge in [-0.3, -0.25) is 4.79 Å². The Morgan fingerprint density at radius 2 is 2.09 bits per heavy atom. The van der Waals surface area contributed by atoms with Crippen LogP contribution < -0.4 is 0 Å². The Morgan fingerprint density at radius 3 is 2.65 bits per heavy atom. The lowest BCUT2D eigenvalue weighted by Gasteiger charge is -2.34. The van der Waals surface area contributed by atoms with Gasteiger partial charge in [-0.25, -0.2) is 13.4 Å². The van der Waals surface area contributed by atoms with Gasteiger partial charge in [0.15, 0.2) is 14.2 Å². The van der Waals surface area contributed by atoms with E-state index >= 15 is 0 Å². The summed E-state index contributed by atoms with van der Waals surface area (Å²) in [4.78, 5) is 19.1. The molecule has 23 heavy (non-hydrogen) atoms. The van der Waals surface area contributed by atoms with E-state index in [4.69, 9.17) is 0 Å². The Kier molecular flexibility index (Phi) is 5.32. The molecule has 0 spiro atoms. The van der Waals surface area contributed by atoms with Gasteiger partial charge in [0.1, 0.15) is 0 Å².